The van der Waals surface area contributed by atoms with Gasteiger partial charge >= 0.3 is 0 Å². The first-order valence-corrected chi connectivity index (χ1v) is 8.38. The van der Waals surface area contributed by atoms with Crippen LogP contribution in [0, 0.1) is 5.82 Å². The van der Waals surface area contributed by atoms with Crippen molar-refractivity contribution >= 4 is 5.69 Å². The molecule has 134 valence electrons. The predicted molar refractivity (Wildman–Crippen MR) is 94.2 cm³/mol. The molecule has 4 rings (SSSR count). The van der Waals surface area contributed by atoms with Crippen LogP contribution in [0.4, 0.5) is 10.1 Å². The van der Waals surface area contributed by atoms with Gasteiger partial charge < -0.3 is 14.7 Å². The molecule has 0 saturated carbocycles. The highest BCUT2D eigenvalue weighted by atomic mass is 19.1. The average molecular weight is 355 g/mol. The molecule has 8 heteroatoms. The Morgan fingerprint density at radius 3 is 2.50 bits per heavy atom. The number of halogens is 1. The lowest BCUT2D eigenvalue weighted by atomic mass is 10.2. The number of anilines is 1. The molecule has 0 atom stereocenters. The number of nitrogens with zero attached hydrogens (tertiary/aromatic N) is 5. The molecule has 0 amide bonds. The molecular weight excluding hydrogens is 337 g/mol. The Labute approximate surface area is 149 Å². The maximum Gasteiger partial charge on any atom is 0.205 e. The molecule has 1 aliphatic heterocycles. The SMILES string of the molecule is COc1cc(-n2nnc(-c3ccc(N4CCCC4)cc3)n2)cc(F)c1O. The van der Waals surface area contributed by atoms with Crippen LogP contribution in [0.5, 0.6) is 11.5 Å². The number of methoxy groups -OCH3 is 1. The third-order valence-corrected chi connectivity index (χ3v) is 4.47. The van der Waals surface area contributed by atoms with E-state index in [1.807, 2.05) is 24.3 Å². The van der Waals surface area contributed by atoms with Crippen molar-refractivity contribution in [2.75, 3.05) is 25.1 Å². The van der Waals surface area contributed by atoms with E-state index in [1.165, 1.54) is 36.5 Å². The molecule has 0 spiro atoms. The summed E-state index contributed by atoms with van der Waals surface area (Å²) in [5, 5.41) is 21.9. The number of aromatic nitrogens is 4. The minimum Gasteiger partial charge on any atom is -0.502 e. The van der Waals surface area contributed by atoms with Gasteiger partial charge in [0.2, 0.25) is 5.82 Å². The molecule has 0 aliphatic carbocycles. The number of rotatable bonds is 4. The molecule has 0 unspecified atom stereocenters. The number of aromatic hydroxyl groups is 1. The first kappa shape index (κ1) is 16.3. The Balaban J connectivity index is 1.61. The van der Waals surface area contributed by atoms with Crippen LogP contribution >= 0.6 is 0 Å². The maximum absolute atomic E-state index is 13.8. The highest BCUT2D eigenvalue weighted by Gasteiger charge is 2.15. The Hall–Kier alpha value is -3.16. The van der Waals surface area contributed by atoms with Crippen molar-refractivity contribution in [3.05, 3.63) is 42.2 Å². The van der Waals surface area contributed by atoms with Crippen LogP contribution in [0.15, 0.2) is 36.4 Å². The number of phenols is 1. The van der Waals surface area contributed by atoms with E-state index in [9.17, 15) is 9.50 Å². The fourth-order valence-electron chi connectivity index (χ4n) is 3.07. The van der Waals surface area contributed by atoms with Gasteiger partial charge in [-0.2, -0.15) is 0 Å². The average Bonchev–Trinajstić information content (AvgIpc) is 3.36. The summed E-state index contributed by atoms with van der Waals surface area (Å²) in [6.07, 6.45) is 2.45. The van der Waals surface area contributed by atoms with Gasteiger partial charge in [0, 0.05) is 36.5 Å². The topological polar surface area (TPSA) is 76.3 Å². The normalized spacial score (nSPS) is 14.0. The Kier molecular flexibility index (Phi) is 4.16. The van der Waals surface area contributed by atoms with Gasteiger partial charge in [0.05, 0.1) is 12.8 Å². The van der Waals surface area contributed by atoms with E-state index < -0.39 is 11.6 Å². The lowest BCUT2D eigenvalue weighted by molar-refractivity contribution is 0.356. The van der Waals surface area contributed by atoms with E-state index >= 15 is 0 Å². The molecule has 26 heavy (non-hydrogen) atoms. The molecule has 1 fully saturated rings. The van der Waals surface area contributed by atoms with Crippen molar-refractivity contribution < 1.29 is 14.2 Å². The molecule has 2 aromatic carbocycles. The van der Waals surface area contributed by atoms with Gasteiger partial charge in [0.1, 0.15) is 0 Å². The van der Waals surface area contributed by atoms with E-state index in [2.05, 4.69) is 20.3 Å². The summed E-state index contributed by atoms with van der Waals surface area (Å²) >= 11 is 0. The second-order valence-electron chi connectivity index (χ2n) is 6.12. The van der Waals surface area contributed by atoms with Crippen LogP contribution in [0.2, 0.25) is 0 Å². The molecule has 0 radical (unpaired) electrons. The molecule has 1 saturated heterocycles. The molecular formula is C18H18FN5O2. The number of hydrogen-bond donors (Lipinski definition) is 1. The number of benzene rings is 2. The second-order valence-corrected chi connectivity index (χ2v) is 6.12. The van der Waals surface area contributed by atoms with E-state index in [0.717, 1.165) is 24.7 Å². The van der Waals surface area contributed by atoms with Crippen LogP contribution in [0.3, 0.4) is 0 Å². The van der Waals surface area contributed by atoms with Gasteiger partial charge in [-0.3, -0.25) is 0 Å². The monoisotopic (exact) mass is 355 g/mol. The van der Waals surface area contributed by atoms with E-state index in [1.54, 1.807) is 0 Å². The van der Waals surface area contributed by atoms with Crippen molar-refractivity contribution in [3.8, 4) is 28.6 Å². The molecule has 2 heterocycles. The van der Waals surface area contributed by atoms with Crippen molar-refractivity contribution in [3.63, 3.8) is 0 Å². The molecule has 7 nitrogen and oxygen atoms in total. The zero-order valence-electron chi connectivity index (χ0n) is 14.3. The number of hydrogen-bond acceptors (Lipinski definition) is 6. The summed E-state index contributed by atoms with van der Waals surface area (Å²) in [4.78, 5) is 3.55. The second kappa shape index (κ2) is 6.62. The van der Waals surface area contributed by atoms with Crippen LogP contribution in [0.1, 0.15) is 12.8 Å². The zero-order valence-corrected chi connectivity index (χ0v) is 14.3. The van der Waals surface area contributed by atoms with Gasteiger partial charge in [-0.05, 0) is 42.3 Å². The Morgan fingerprint density at radius 1 is 1.08 bits per heavy atom. The van der Waals surface area contributed by atoms with Crippen LogP contribution < -0.4 is 9.64 Å². The number of ether oxygens (including phenoxy) is 1. The van der Waals surface area contributed by atoms with Crippen molar-refractivity contribution in [1.82, 2.24) is 20.2 Å². The lowest BCUT2D eigenvalue weighted by Gasteiger charge is -2.17. The van der Waals surface area contributed by atoms with E-state index in [4.69, 9.17) is 4.74 Å². The Morgan fingerprint density at radius 2 is 1.81 bits per heavy atom. The fraction of sp³-hybridized carbons (Fsp3) is 0.278. The van der Waals surface area contributed by atoms with Gasteiger partial charge in [0.15, 0.2) is 17.3 Å². The first-order valence-electron chi connectivity index (χ1n) is 8.38. The highest BCUT2D eigenvalue weighted by Crippen LogP contribution is 2.31. The molecule has 3 aromatic rings. The van der Waals surface area contributed by atoms with Crippen LogP contribution in [-0.4, -0.2) is 45.5 Å². The van der Waals surface area contributed by atoms with Gasteiger partial charge in [-0.15, -0.1) is 15.0 Å². The van der Waals surface area contributed by atoms with Crippen LogP contribution in [-0.2, 0) is 0 Å². The summed E-state index contributed by atoms with van der Waals surface area (Å²) in [5.41, 5.74) is 2.32. The lowest BCUT2D eigenvalue weighted by Crippen LogP contribution is -2.17. The van der Waals surface area contributed by atoms with Gasteiger partial charge in [-0.1, -0.05) is 0 Å². The van der Waals surface area contributed by atoms with Gasteiger partial charge in [-0.25, -0.2) is 4.39 Å². The fourth-order valence-corrected chi connectivity index (χ4v) is 3.07. The van der Waals surface area contributed by atoms with E-state index in [0.29, 0.717) is 11.5 Å². The minimum absolute atomic E-state index is 0.00816. The summed E-state index contributed by atoms with van der Waals surface area (Å²) in [5.74, 6) is -0.915. The van der Waals surface area contributed by atoms with Crippen molar-refractivity contribution in [2.45, 2.75) is 12.8 Å². The van der Waals surface area contributed by atoms with Crippen molar-refractivity contribution in [1.29, 1.82) is 0 Å². The third kappa shape index (κ3) is 2.94. The molecule has 1 aliphatic rings. The van der Waals surface area contributed by atoms with Crippen LogP contribution in [0.25, 0.3) is 17.1 Å². The zero-order chi connectivity index (χ0) is 18.1. The summed E-state index contributed by atoms with van der Waals surface area (Å²) in [7, 11) is 1.35. The number of phenolic OH excluding ortho intramolecular Hbond substituents is 1. The largest absolute Gasteiger partial charge is 0.502 e. The van der Waals surface area contributed by atoms with Gasteiger partial charge in [0.25, 0.3) is 0 Å². The minimum atomic E-state index is -0.812. The van der Waals surface area contributed by atoms with Crippen molar-refractivity contribution in [2.24, 2.45) is 0 Å². The molecule has 1 N–H and O–H groups in total. The molecule has 0 bridgehead atoms. The standard InChI is InChI=1S/C18H18FN5O2/c1-26-16-11-14(10-15(19)17(16)25)24-21-18(20-22-24)12-4-6-13(7-5-12)23-8-2-3-9-23/h4-7,10-11,25H,2-3,8-9H2,1H3. The quantitative estimate of drug-likeness (QED) is 0.776. The third-order valence-electron chi connectivity index (χ3n) is 4.47. The summed E-state index contributed by atoms with van der Waals surface area (Å²) < 4.78 is 18.8. The first-order chi connectivity index (χ1) is 12.7. The predicted octanol–water partition coefficient (Wildman–Crippen LogP) is 2.78. The highest BCUT2D eigenvalue weighted by molar-refractivity contribution is 5.60. The smallest absolute Gasteiger partial charge is 0.205 e. The number of tetrazole rings is 1. The Bertz CT molecular complexity index is 920. The summed E-state index contributed by atoms with van der Waals surface area (Å²) in [6, 6.07) is 10.6. The summed E-state index contributed by atoms with van der Waals surface area (Å²) in [6.45, 7) is 2.17. The maximum atomic E-state index is 13.8. The van der Waals surface area contributed by atoms with E-state index in [-0.39, 0.29) is 5.75 Å². The molecule has 1 aromatic heterocycles.